The molecular formula is C23H31N5. The highest BCUT2D eigenvalue weighted by molar-refractivity contribution is 5.47. The van der Waals surface area contributed by atoms with Gasteiger partial charge in [0.15, 0.2) is 0 Å². The van der Waals surface area contributed by atoms with E-state index in [2.05, 4.69) is 65.1 Å². The maximum atomic E-state index is 5.01. The summed E-state index contributed by atoms with van der Waals surface area (Å²) in [6.07, 6.45) is 3.84. The number of anilines is 2. The number of aromatic nitrogens is 2. The van der Waals surface area contributed by atoms with Gasteiger partial charge in [-0.1, -0.05) is 30.3 Å². The highest BCUT2D eigenvalue weighted by Gasteiger charge is 2.46. The quantitative estimate of drug-likeness (QED) is 0.818. The van der Waals surface area contributed by atoms with Gasteiger partial charge in [0, 0.05) is 56.4 Å². The SMILES string of the molecule is Cc1cc(N2C[C@@H]3CN(C)[C@@H](c4ccccc4)[C@@H]3C2)nc(N2CCCCC2)n1. The summed E-state index contributed by atoms with van der Waals surface area (Å²) >= 11 is 0. The lowest BCUT2D eigenvalue weighted by Crippen LogP contribution is -2.33. The minimum absolute atomic E-state index is 0.515. The molecular weight excluding hydrogens is 346 g/mol. The van der Waals surface area contributed by atoms with Gasteiger partial charge in [0.05, 0.1) is 0 Å². The lowest BCUT2D eigenvalue weighted by atomic mass is 9.90. The number of likely N-dealkylation sites (tertiary alicyclic amines) is 1. The second-order valence-corrected chi connectivity index (χ2v) is 8.84. The van der Waals surface area contributed by atoms with Crippen LogP contribution in [0.1, 0.15) is 36.6 Å². The average Bonchev–Trinajstić information content (AvgIpc) is 3.25. The molecule has 0 aliphatic carbocycles. The summed E-state index contributed by atoms with van der Waals surface area (Å²) in [6.45, 7) is 7.66. The first kappa shape index (κ1) is 17.9. The van der Waals surface area contributed by atoms with Gasteiger partial charge in [-0.05, 0) is 44.7 Å². The summed E-state index contributed by atoms with van der Waals surface area (Å²) in [6, 6.07) is 13.7. The molecule has 1 aromatic carbocycles. The Balaban J connectivity index is 1.38. The third-order valence-corrected chi connectivity index (χ3v) is 6.83. The molecule has 3 saturated heterocycles. The maximum Gasteiger partial charge on any atom is 0.227 e. The number of piperidine rings is 1. The molecule has 2 aromatic rings. The number of fused-ring (bicyclic) bond motifs is 1. The van der Waals surface area contributed by atoms with Crippen LogP contribution in [0.4, 0.5) is 11.8 Å². The van der Waals surface area contributed by atoms with Crippen molar-refractivity contribution >= 4 is 11.8 Å². The zero-order valence-corrected chi connectivity index (χ0v) is 17.1. The third-order valence-electron chi connectivity index (χ3n) is 6.83. The maximum absolute atomic E-state index is 5.01. The van der Waals surface area contributed by atoms with Crippen LogP contribution in [-0.2, 0) is 0 Å². The van der Waals surface area contributed by atoms with Crippen LogP contribution in [-0.4, -0.2) is 54.6 Å². The van der Waals surface area contributed by atoms with E-state index in [9.17, 15) is 0 Å². The topological polar surface area (TPSA) is 35.5 Å². The minimum Gasteiger partial charge on any atom is -0.356 e. The van der Waals surface area contributed by atoms with E-state index >= 15 is 0 Å². The monoisotopic (exact) mass is 377 g/mol. The smallest absolute Gasteiger partial charge is 0.227 e. The first-order chi connectivity index (χ1) is 13.7. The van der Waals surface area contributed by atoms with Gasteiger partial charge in [0.2, 0.25) is 5.95 Å². The van der Waals surface area contributed by atoms with Gasteiger partial charge >= 0.3 is 0 Å². The number of hydrogen-bond donors (Lipinski definition) is 0. The predicted octanol–water partition coefficient (Wildman–Crippen LogP) is 3.51. The molecule has 4 heterocycles. The van der Waals surface area contributed by atoms with Crippen LogP contribution in [0.15, 0.2) is 36.4 Å². The van der Waals surface area contributed by atoms with Crippen LogP contribution < -0.4 is 9.80 Å². The fraction of sp³-hybridized carbons (Fsp3) is 0.565. The van der Waals surface area contributed by atoms with Crippen molar-refractivity contribution in [1.82, 2.24) is 14.9 Å². The first-order valence-electron chi connectivity index (χ1n) is 10.8. The molecule has 28 heavy (non-hydrogen) atoms. The molecule has 0 N–H and O–H groups in total. The van der Waals surface area contributed by atoms with Crippen molar-refractivity contribution in [3.05, 3.63) is 47.7 Å². The first-order valence-corrected chi connectivity index (χ1v) is 10.8. The lowest BCUT2D eigenvalue weighted by molar-refractivity contribution is 0.279. The van der Waals surface area contributed by atoms with E-state index in [0.29, 0.717) is 17.9 Å². The summed E-state index contributed by atoms with van der Waals surface area (Å²) in [5, 5.41) is 0. The Labute approximate surface area is 168 Å². The van der Waals surface area contributed by atoms with Gasteiger partial charge in [0.25, 0.3) is 0 Å². The molecule has 0 amide bonds. The molecule has 0 spiro atoms. The third kappa shape index (κ3) is 3.26. The second-order valence-electron chi connectivity index (χ2n) is 8.84. The van der Waals surface area contributed by atoms with Crippen LogP contribution in [0, 0.1) is 18.8 Å². The number of nitrogens with zero attached hydrogens (tertiary/aromatic N) is 5. The predicted molar refractivity (Wildman–Crippen MR) is 114 cm³/mol. The van der Waals surface area contributed by atoms with E-state index in [-0.39, 0.29) is 0 Å². The number of rotatable bonds is 3. The van der Waals surface area contributed by atoms with E-state index in [1.807, 2.05) is 0 Å². The van der Waals surface area contributed by atoms with Gasteiger partial charge in [-0.25, -0.2) is 4.98 Å². The molecule has 3 atom stereocenters. The molecule has 5 rings (SSSR count). The van der Waals surface area contributed by atoms with Crippen LogP contribution in [0.5, 0.6) is 0 Å². The fourth-order valence-corrected chi connectivity index (χ4v) is 5.53. The summed E-state index contributed by atoms with van der Waals surface area (Å²) in [5.74, 6) is 3.44. The Morgan fingerprint density at radius 2 is 1.68 bits per heavy atom. The minimum atomic E-state index is 0.515. The highest BCUT2D eigenvalue weighted by atomic mass is 15.3. The van der Waals surface area contributed by atoms with E-state index < -0.39 is 0 Å². The summed E-state index contributed by atoms with van der Waals surface area (Å²) in [7, 11) is 2.28. The Kier molecular flexibility index (Phi) is 4.71. The Bertz CT molecular complexity index is 817. The molecule has 0 saturated carbocycles. The molecule has 3 aliphatic heterocycles. The van der Waals surface area contributed by atoms with Crippen LogP contribution in [0.3, 0.4) is 0 Å². The van der Waals surface area contributed by atoms with E-state index in [1.54, 1.807) is 0 Å². The molecule has 3 fully saturated rings. The molecule has 148 valence electrons. The van der Waals surface area contributed by atoms with Crippen molar-refractivity contribution < 1.29 is 0 Å². The van der Waals surface area contributed by atoms with Crippen molar-refractivity contribution in [1.29, 1.82) is 0 Å². The van der Waals surface area contributed by atoms with Gasteiger partial charge in [-0.15, -0.1) is 0 Å². The van der Waals surface area contributed by atoms with Crippen molar-refractivity contribution in [2.24, 2.45) is 11.8 Å². The highest BCUT2D eigenvalue weighted by Crippen LogP contribution is 2.44. The zero-order valence-electron chi connectivity index (χ0n) is 17.1. The Morgan fingerprint density at radius 1 is 0.893 bits per heavy atom. The van der Waals surface area contributed by atoms with Crippen LogP contribution in [0.2, 0.25) is 0 Å². The standard InChI is InChI=1S/C23H31N5/c1-17-13-21(25-23(24-17)27-11-7-4-8-12-27)28-15-19-14-26(2)22(20(19)16-28)18-9-5-3-6-10-18/h3,5-6,9-10,13,19-20,22H,4,7-8,11-12,14-16H2,1-2H3/t19-,20+,22-/m0/s1. The van der Waals surface area contributed by atoms with Crippen molar-refractivity contribution in [2.75, 3.05) is 49.6 Å². The Hall–Kier alpha value is -2.14. The van der Waals surface area contributed by atoms with E-state index in [4.69, 9.17) is 9.97 Å². The zero-order chi connectivity index (χ0) is 19.1. The molecule has 0 radical (unpaired) electrons. The second kappa shape index (κ2) is 7.36. The number of aryl methyl sites for hydroxylation is 1. The fourth-order valence-electron chi connectivity index (χ4n) is 5.53. The van der Waals surface area contributed by atoms with E-state index in [1.165, 1.54) is 31.4 Å². The normalized spacial score (nSPS) is 28.0. The van der Waals surface area contributed by atoms with Gasteiger partial charge < -0.3 is 9.80 Å². The molecule has 0 unspecified atom stereocenters. The number of hydrogen-bond acceptors (Lipinski definition) is 5. The van der Waals surface area contributed by atoms with Crippen molar-refractivity contribution in [2.45, 2.75) is 32.2 Å². The molecule has 0 bridgehead atoms. The molecule has 1 aromatic heterocycles. The largest absolute Gasteiger partial charge is 0.356 e. The summed E-state index contributed by atoms with van der Waals surface area (Å²) < 4.78 is 0. The lowest BCUT2D eigenvalue weighted by Gasteiger charge is -2.29. The molecule has 3 aliphatic rings. The van der Waals surface area contributed by atoms with Crippen LogP contribution >= 0.6 is 0 Å². The Morgan fingerprint density at radius 3 is 2.46 bits per heavy atom. The van der Waals surface area contributed by atoms with Crippen molar-refractivity contribution in [3.63, 3.8) is 0 Å². The van der Waals surface area contributed by atoms with Gasteiger partial charge in [-0.3, -0.25) is 4.90 Å². The van der Waals surface area contributed by atoms with Gasteiger partial charge in [-0.2, -0.15) is 4.98 Å². The summed E-state index contributed by atoms with van der Waals surface area (Å²) in [4.78, 5) is 17.2. The van der Waals surface area contributed by atoms with Gasteiger partial charge in [0.1, 0.15) is 5.82 Å². The average molecular weight is 378 g/mol. The molecule has 5 nitrogen and oxygen atoms in total. The number of benzene rings is 1. The van der Waals surface area contributed by atoms with E-state index in [0.717, 1.165) is 43.6 Å². The molecule has 5 heteroatoms. The summed E-state index contributed by atoms with van der Waals surface area (Å²) in [5.41, 5.74) is 2.53. The van der Waals surface area contributed by atoms with Crippen molar-refractivity contribution in [3.8, 4) is 0 Å². The van der Waals surface area contributed by atoms with Crippen LogP contribution in [0.25, 0.3) is 0 Å².